The van der Waals surface area contributed by atoms with E-state index in [4.69, 9.17) is 0 Å². The first kappa shape index (κ1) is 34.1. The Balaban J connectivity index is -0.0000000700. The molecule has 0 fully saturated rings. The molecule has 0 unspecified atom stereocenters. The molecule has 0 heterocycles. The summed E-state index contributed by atoms with van der Waals surface area (Å²) < 4.78 is 0. The molecular formula is C16H30O6Zr. The SMILES string of the molecule is C=CCCC(=O)CC(=O)[O-].CC(C)[O-].CC(C)[O-].CC(C)[O-].[Zr+4]. The van der Waals surface area contributed by atoms with Gasteiger partial charge in [-0.15, -0.1) is 24.9 Å². The average molecular weight is 410 g/mol. The largest absolute Gasteiger partial charge is 4.00 e. The Hall–Kier alpha value is -0.357. The molecule has 0 aromatic rings. The fraction of sp³-hybridized carbons (Fsp3) is 0.750. The van der Waals surface area contributed by atoms with E-state index in [2.05, 4.69) is 6.58 Å². The van der Waals surface area contributed by atoms with E-state index in [1.165, 1.54) is 0 Å². The van der Waals surface area contributed by atoms with Gasteiger partial charge in [-0.2, -0.15) is 0 Å². The summed E-state index contributed by atoms with van der Waals surface area (Å²) in [6, 6.07) is 0. The van der Waals surface area contributed by atoms with Crippen molar-refractivity contribution < 1.29 is 56.2 Å². The van der Waals surface area contributed by atoms with Crippen LogP contribution in [0, 0.1) is 0 Å². The number of carbonyl (C=O) groups excluding carboxylic acids is 2. The molecular weight excluding hydrogens is 379 g/mol. The van der Waals surface area contributed by atoms with Gasteiger partial charge in [0.05, 0.1) is 0 Å². The van der Waals surface area contributed by atoms with E-state index >= 15 is 0 Å². The van der Waals surface area contributed by atoms with Gasteiger partial charge in [0.15, 0.2) is 0 Å². The van der Waals surface area contributed by atoms with Gasteiger partial charge >= 0.3 is 26.2 Å². The van der Waals surface area contributed by atoms with Crippen LogP contribution < -0.4 is 20.4 Å². The maximum absolute atomic E-state index is 10.5. The minimum Gasteiger partial charge on any atom is -0.852 e. The molecule has 0 saturated carbocycles. The van der Waals surface area contributed by atoms with E-state index in [0.717, 1.165) is 0 Å². The second-order valence-electron chi connectivity index (χ2n) is 5.06. The average Bonchev–Trinajstić information content (AvgIpc) is 2.22. The number of carboxylic acids is 1. The number of hydrogen-bond acceptors (Lipinski definition) is 6. The number of carbonyl (C=O) groups is 2. The summed E-state index contributed by atoms with van der Waals surface area (Å²) in [4.78, 5) is 20.4. The zero-order valence-electron chi connectivity index (χ0n) is 15.1. The molecule has 134 valence electrons. The number of carboxylic acid groups (broad SMARTS) is 1. The van der Waals surface area contributed by atoms with Crippen LogP contribution in [0.4, 0.5) is 0 Å². The van der Waals surface area contributed by atoms with Crippen molar-refractivity contribution in [1.29, 1.82) is 0 Å². The fourth-order valence-electron chi connectivity index (χ4n) is 0.512. The molecule has 0 rings (SSSR count). The number of ketones is 1. The van der Waals surface area contributed by atoms with Gasteiger partial charge in [0.25, 0.3) is 0 Å². The Kier molecular flexibility index (Phi) is 39.3. The van der Waals surface area contributed by atoms with Gasteiger partial charge in [0.1, 0.15) is 5.78 Å². The topological polar surface area (TPSA) is 126 Å². The number of rotatable bonds is 5. The molecule has 6 nitrogen and oxygen atoms in total. The molecule has 0 amide bonds. The quantitative estimate of drug-likeness (QED) is 0.420. The molecule has 23 heavy (non-hydrogen) atoms. The number of hydrogen-bond donors (Lipinski definition) is 0. The Morgan fingerprint density at radius 2 is 1.17 bits per heavy atom. The van der Waals surface area contributed by atoms with E-state index < -0.39 is 30.7 Å². The molecule has 0 aromatic heterocycles. The second-order valence-corrected chi connectivity index (χ2v) is 5.06. The maximum Gasteiger partial charge on any atom is 4.00 e. The normalized spacial score (nSPS) is 8.52. The molecule has 0 radical (unpaired) electrons. The minimum absolute atomic E-state index is 0. The summed E-state index contributed by atoms with van der Waals surface area (Å²) >= 11 is 0. The molecule has 0 bridgehead atoms. The van der Waals surface area contributed by atoms with Crippen molar-refractivity contribution in [3.05, 3.63) is 12.7 Å². The summed E-state index contributed by atoms with van der Waals surface area (Å²) in [5, 5.41) is 38.4. The molecule has 0 atom stereocenters. The monoisotopic (exact) mass is 408 g/mol. The van der Waals surface area contributed by atoms with E-state index in [-0.39, 0.29) is 38.4 Å². The Morgan fingerprint density at radius 1 is 0.913 bits per heavy atom. The van der Waals surface area contributed by atoms with E-state index in [1.54, 1.807) is 47.6 Å². The van der Waals surface area contributed by atoms with Crippen molar-refractivity contribution in [3.63, 3.8) is 0 Å². The second kappa shape index (κ2) is 26.5. The van der Waals surface area contributed by atoms with E-state index in [1.807, 2.05) is 0 Å². The summed E-state index contributed by atoms with van der Waals surface area (Å²) in [5.74, 6) is -1.62. The van der Waals surface area contributed by atoms with Gasteiger partial charge in [-0.25, -0.2) is 0 Å². The third-order valence-corrected chi connectivity index (χ3v) is 0.969. The number of allylic oxidation sites excluding steroid dienone is 1. The number of aliphatic carboxylic acids is 1. The van der Waals surface area contributed by atoms with Crippen molar-refractivity contribution in [2.75, 3.05) is 0 Å². The molecule has 0 aliphatic carbocycles. The first-order valence-corrected chi connectivity index (χ1v) is 7.16. The number of Topliss-reactive ketones (excluding diaryl/α,β-unsaturated/α-hetero) is 1. The zero-order chi connectivity index (χ0) is 18.7. The molecule has 7 heteroatoms. The van der Waals surface area contributed by atoms with E-state index in [9.17, 15) is 30.0 Å². The maximum atomic E-state index is 10.5. The molecule has 0 aliphatic rings. The van der Waals surface area contributed by atoms with Gasteiger partial charge in [-0.05, 0) is 6.42 Å². The van der Waals surface area contributed by atoms with Gasteiger partial charge in [0, 0.05) is 18.8 Å². The summed E-state index contributed by atoms with van der Waals surface area (Å²) in [5.41, 5.74) is 0. The van der Waals surface area contributed by atoms with Crippen LogP contribution in [0.25, 0.3) is 0 Å². The molecule has 0 aliphatic heterocycles. The van der Waals surface area contributed by atoms with Crippen LogP contribution in [0.15, 0.2) is 12.7 Å². The van der Waals surface area contributed by atoms with Crippen LogP contribution in [0.2, 0.25) is 0 Å². The van der Waals surface area contributed by atoms with Crippen molar-refractivity contribution in [1.82, 2.24) is 0 Å². The van der Waals surface area contributed by atoms with Gasteiger partial charge < -0.3 is 25.2 Å². The predicted molar refractivity (Wildman–Crippen MR) is 79.5 cm³/mol. The van der Waals surface area contributed by atoms with Crippen LogP contribution in [0.5, 0.6) is 0 Å². The van der Waals surface area contributed by atoms with Crippen molar-refractivity contribution in [2.45, 2.75) is 79.1 Å². The summed E-state index contributed by atoms with van der Waals surface area (Å²) in [6.45, 7) is 13.1. The smallest absolute Gasteiger partial charge is 0.852 e. The first-order valence-electron chi connectivity index (χ1n) is 7.16. The Bertz CT molecular complexity index is 243. The van der Waals surface area contributed by atoms with Crippen LogP contribution in [-0.2, 0) is 35.8 Å². The fourth-order valence-corrected chi connectivity index (χ4v) is 0.512. The van der Waals surface area contributed by atoms with Crippen LogP contribution in [0.1, 0.15) is 60.8 Å². The Labute approximate surface area is 159 Å². The summed E-state index contributed by atoms with van der Waals surface area (Å²) in [7, 11) is 0. The van der Waals surface area contributed by atoms with E-state index in [0.29, 0.717) is 6.42 Å². The predicted octanol–water partition coefficient (Wildman–Crippen LogP) is -1.08. The van der Waals surface area contributed by atoms with Gasteiger partial charge in [-0.1, -0.05) is 47.6 Å². The summed E-state index contributed by atoms with van der Waals surface area (Å²) in [6.07, 6.45) is 0.630. The van der Waals surface area contributed by atoms with Crippen molar-refractivity contribution in [3.8, 4) is 0 Å². The zero-order valence-corrected chi connectivity index (χ0v) is 17.5. The standard InChI is InChI=1S/C7H10O3.3C3H7O.Zr/c1-2-3-4-6(8)5-7(9)10;3*1-3(2)4;/h2H,1,3-5H2,(H,9,10);3*3H,1-2H3;/q;3*-1;+4/p-1. The third-order valence-electron chi connectivity index (χ3n) is 0.969. The molecule has 0 aromatic carbocycles. The van der Waals surface area contributed by atoms with Crippen LogP contribution in [-0.4, -0.2) is 30.1 Å². The molecule has 0 saturated heterocycles. The molecule has 0 spiro atoms. The van der Waals surface area contributed by atoms with Crippen LogP contribution >= 0.6 is 0 Å². The minimum atomic E-state index is -1.31. The van der Waals surface area contributed by atoms with Crippen molar-refractivity contribution in [2.24, 2.45) is 0 Å². The van der Waals surface area contributed by atoms with Gasteiger partial charge in [-0.3, -0.25) is 4.79 Å². The van der Waals surface area contributed by atoms with Crippen LogP contribution in [0.3, 0.4) is 0 Å². The van der Waals surface area contributed by atoms with Crippen molar-refractivity contribution >= 4 is 11.8 Å². The van der Waals surface area contributed by atoms with Gasteiger partial charge in [0.2, 0.25) is 0 Å². The molecule has 0 N–H and O–H groups in total. The Morgan fingerprint density at radius 3 is 1.35 bits per heavy atom. The third kappa shape index (κ3) is 143. The first-order chi connectivity index (χ1) is 9.86.